The summed E-state index contributed by atoms with van der Waals surface area (Å²) in [5.74, 6) is 0.726. The van der Waals surface area contributed by atoms with E-state index in [-0.39, 0.29) is 6.04 Å². The van der Waals surface area contributed by atoms with Crippen molar-refractivity contribution in [3.05, 3.63) is 17.5 Å². The molecule has 3 nitrogen and oxygen atoms in total. The zero-order chi connectivity index (χ0) is 8.72. The molecule has 1 aromatic heterocycles. The summed E-state index contributed by atoms with van der Waals surface area (Å²) in [6, 6.07) is 2.23. The Morgan fingerprint density at radius 3 is 2.75 bits per heavy atom. The van der Waals surface area contributed by atoms with E-state index in [4.69, 9.17) is 5.73 Å². The van der Waals surface area contributed by atoms with Crippen molar-refractivity contribution < 1.29 is 0 Å². The lowest BCUT2D eigenvalue weighted by atomic mass is 10.2. The third kappa shape index (κ3) is 1.25. The third-order valence-corrected chi connectivity index (χ3v) is 2.40. The minimum Gasteiger partial charge on any atom is -0.323 e. The van der Waals surface area contributed by atoms with Crippen LogP contribution < -0.4 is 5.73 Å². The molecule has 1 aromatic rings. The number of rotatable bonds is 2. The maximum atomic E-state index is 5.79. The van der Waals surface area contributed by atoms with E-state index in [2.05, 4.69) is 11.2 Å². The first-order valence-electron chi connectivity index (χ1n) is 4.48. The molecule has 12 heavy (non-hydrogen) atoms. The van der Waals surface area contributed by atoms with Gasteiger partial charge in [0.05, 0.1) is 11.4 Å². The van der Waals surface area contributed by atoms with Gasteiger partial charge in [0.25, 0.3) is 0 Å². The fraction of sp³-hybridized carbons (Fsp3) is 0.667. The van der Waals surface area contributed by atoms with E-state index in [1.807, 2.05) is 18.7 Å². The monoisotopic (exact) mass is 165 g/mol. The lowest BCUT2D eigenvalue weighted by Gasteiger charge is -2.03. The standard InChI is InChI=1S/C9H15N3/c1-6(10)9-5-8(7-3-4-7)11-12(9)2/h5-7H,3-4,10H2,1-2H3/t6-/m0/s1. The Morgan fingerprint density at radius 1 is 1.67 bits per heavy atom. The normalized spacial score (nSPS) is 19.6. The van der Waals surface area contributed by atoms with E-state index < -0.39 is 0 Å². The first-order valence-corrected chi connectivity index (χ1v) is 4.48. The van der Waals surface area contributed by atoms with Crippen molar-refractivity contribution >= 4 is 0 Å². The van der Waals surface area contributed by atoms with Crippen molar-refractivity contribution in [1.82, 2.24) is 9.78 Å². The fourth-order valence-corrected chi connectivity index (χ4v) is 1.51. The second-order valence-corrected chi connectivity index (χ2v) is 3.68. The lowest BCUT2D eigenvalue weighted by Crippen LogP contribution is -2.10. The Morgan fingerprint density at radius 2 is 2.33 bits per heavy atom. The Balaban J connectivity index is 2.30. The van der Waals surface area contributed by atoms with Gasteiger partial charge in [-0.1, -0.05) is 0 Å². The van der Waals surface area contributed by atoms with Gasteiger partial charge in [0.1, 0.15) is 0 Å². The van der Waals surface area contributed by atoms with E-state index in [0.29, 0.717) is 0 Å². The SMILES string of the molecule is C[C@H](N)c1cc(C2CC2)nn1C. The van der Waals surface area contributed by atoms with Gasteiger partial charge in [-0.15, -0.1) is 0 Å². The largest absolute Gasteiger partial charge is 0.323 e. The predicted molar refractivity (Wildman–Crippen MR) is 47.8 cm³/mol. The quantitative estimate of drug-likeness (QED) is 0.718. The smallest absolute Gasteiger partial charge is 0.0658 e. The van der Waals surface area contributed by atoms with Crippen LogP contribution in [0.2, 0.25) is 0 Å². The van der Waals surface area contributed by atoms with Crippen LogP contribution in [0.4, 0.5) is 0 Å². The Kier molecular flexibility index (Phi) is 1.68. The summed E-state index contributed by atoms with van der Waals surface area (Å²) in [4.78, 5) is 0. The van der Waals surface area contributed by atoms with E-state index in [9.17, 15) is 0 Å². The molecule has 66 valence electrons. The second-order valence-electron chi connectivity index (χ2n) is 3.68. The van der Waals surface area contributed by atoms with Crippen molar-refractivity contribution in [2.24, 2.45) is 12.8 Å². The zero-order valence-corrected chi connectivity index (χ0v) is 7.62. The lowest BCUT2D eigenvalue weighted by molar-refractivity contribution is 0.648. The fourth-order valence-electron chi connectivity index (χ4n) is 1.51. The molecule has 1 aliphatic carbocycles. The summed E-state index contributed by atoms with van der Waals surface area (Å²) in [6.07, 6.45) is 2.60. The Labute approximate surface area is 72.6 Å². The van der Waals surface area contributed by atoms with E-state index in [1.54, 1.807) is 0 Å². The maximum absolute atomic E-state index is 5.79. The molecular weight excluding hydrogens is 150 g/mol. The van der Waals surface area contributed by atoms with Crippen molar-refractivity contribution in [2.75, 3.05) is 0 Å². The molecule has 3 heteroatoms. The Hall–Kier alpha value is -0.830. The number of aromatic nitrogens is 2. The molecule has 0 bridgehead atoms. The van der Waals surface area contributed by atoms with E-state index in [0.717, 1.165) is 11.6 Å². The molecule has 1 fully saturated rings. The highest BCUT2D eigenvalue weighted by Crippen LogP contribution is 2.39. The second kappa shape index (κ2) is 2.59. The van der Waals surface area contributed by atoms with Crippen LogP contribution in [0, 0.1) is 0 Å². The average molecular weight is 165 g/mol. The highest BCUT2D eigenvalue weighted by atomic mass is 15.3. The zero-order valence-electron chi connectivity index (χ0n) is 7.62. The van der Waals surface area contributed by atoms with Crippen LogP contribution in [-0.2, 0) is 7.05 Å². The van der Waals surface area contributed by atoms with Crippen LogP contribution in [-0.4, -0.2) is 9.78 Å². The number of hydrogen-bond acceptors (Lipinski definition) is 2. The van der Waals surface area contributed by atoms with Crippen molar-refractivity contribution in [3.63, 3.8) is 0 Å². The van der Waals surface area contributed by atoms with Gasteiger partial charge in [0, 0.05) is 19.0 Å². The number of nitrogens with two attached hydrogens (primary N) is 1. The number of aryl methyl sites for hydroxylation is 1. The van der Waals surface area contributed by atoms with Crippen molar-refractivity contribution in [1.29, 1.82) is 0 Å². The van der Waals surface area contributed by atoms with E-state index in [1.165, 1.54) is 18.5 Å². The van der Waals surface area contributed by atoms with Gasteiger partial charge in [-0.3, -0.25) is 4.68 Å². The molecule has 0 unspecified atom stereocenters. The van der Waals surface area contributed by atoms with Crippen LogP contribution in [0.25, 0.3) is 0 Å². The van der Waals surface area contributed by atoms with Crippen molar-refractivity contribution in [3.8, 4) is 0 Å². The molecule has 0 amide bonds. The summed E-state index contributed by atoms with van der Waals surface area (Å²) in [7, 11) is 1.96. The van der Waals surface area contributed by atoms with Crippen LogP contribution in [0.3, 0.4) is 0 Å². The van der Waals surface area contributed by atoms with Crippen LogP contribution in [0.1, 0.15) is 43.1 Å². The summed E-state index contributed by atoms with van der Waals surface area (Å²) in [5.41, 5.74) is 8.15. The van der Waals surface area contributed by atoms with Crippen molar-refractivity contribution in [2.45, 2.75) is 31.7 Å². The summed E-state index contributed by atoms with van der Waals surface area (Å²) in [5, 5.41) is 4.43. The molecule has 1 atom stereocenters. The minimum atomic E-state index is 0.0926. The number of hydrogen-bond donors (Lipinski definition) is 1. The highest BCUT2D eigenvalue weighted by molar-refractivity contribution is 5.20. The topological polar surface area (TPSA) is 43.8 Å². The molecule has 1 heterocycles. The summed E-state index contributed by atoms with van der Waals surface area (Å²) in [6.45, 7) is 1.99. The van der Waals surface area contributed by atoms with E-state index >= 15 is 0 Å². The molecule has 2 rings (SSSR count). The summed E-state index contributed by atoms with van der Waals surface area (Å²) >= 11 is 0. The first kappa shape index (κ1) is 7.80. The molecule has 1 saturated carbocycles. The minimum absolute atomic E-state index is 0.0926. The Bertz CT molecular complexity index is 284. The molecule has 0 saturated heterocycles. The van der Waals surface area contributed by atoms with Gasteiger partial charge in [0.2, 0.25) is 0 Å². The van der Waals surface area contributed by atoms with Crippen LogP contribution in [0.5, 0.6) is 0 Å². The van der Waals surface area contributed by atoms with Gasteiger partial charge in [-0.2, -0.15) is 5.10 Å². The molecule has 0 aliphatic heterocycles. The van der Waals surface area contributed by atoms with Crippen LogP contribution in [0.15, 0.2) is 6.07 Å². The highest BCUT2D eigenvalue weighted by Gasteiger charge is 2.27. The maximum Gasteiger partial charge on any atom is 0.0658 e. The predicted octanol–water partition coefficient (Wildman–Crippen LogP) is 1.32. The van der Waals surface area contributed by atoms with Gasteiger partial charge < -0.3 is 5.73 Å². The average Bonchev–Trinajstić information content (AvgIpc) is 2.75. The molecule has 0 radical (unpaired) electrons. The van der Waals surface area contributed by atoms with Gasteiger partial charge >= 0.3 is 0 Å². The molecule has 0 aromatic carbocycles. The molecular formula is C9H15N3. The molecule has 2 N–H and O–H groups in total. The van der Waals surface area contributed by atoms with Gasteiger partial charge in [0.15, 0.2) is 0 Å². The third-order valence-electron chi connectivity index (χ3n) is 2.40. The van der Waals surface area contributed by atoms with Gasteiger partial charge in [-0.25, -0.2) is 0 Å². The van der Waals surface area contributed by atoms with Gasteiger partial charge in [-0.05, 0) is 25.8 Å². The van der Waals surface area contributed by atoms with Crippen LogP contribution >= 0.6 is 0 Å². The molecule has 0 spiro atoms. The molecule has 1 aliphatic rings. The summed E-state index contributed by atoms with van der Waals surface area (Å²) < 4.78 is 1.90. The first-order chi connectivity index (χ1) is 5.68. The number of nitrogens with zero attached hydrogens (tertiary/aromatic N) is 2.